The fourth-order valence-corrected chi connectivity index (χ4v) is 2.26. The molecule has 1 amide bonds. The summed E-state index contributed by atoms with van der Waals surface area (Å²) < 4.78 is 5.59. The lowest BCUT2D eigenvalue weighted by Gasteiger charge is -2.06. The van der Waals surface area contributed by atoms with Gasteiger partial charge in [0.1, 0.15) is 10.8 Å². The molecule has 0 aliphatic heterocycles. The Morgan fingerprint density at radius 2 is 2.20 bits per heavy atom. The van der Waals surface area contributed by atoms with Gasteiger partial charge in [0.15, 0.2) is 0 Å². The van der Waals surface area contributed by atoms with Gasteiger partial charge in [0.05, 0.1) is 6.61 Å². The number of nitrogens with one attached hydrogen (secondary N) is 1. The molecule has 6 heteroatoms. The van der Waals surface area contributed by atoms with E-state index in [0.717, 1.165) is 16.3 Å². The smallest absolute Gasteiger partial charge is 0.226 e. The van der Waals surface area contributed by atoms with E-state index < -0.39 is 0 Å². The van der Waals surface area contributed by atoms with Gasteiger partial charge in [-0.25, -0.2) is 0 Å². The molecular weight excluding hydrogens is 274 g/mol. The molecule has 0 spiro atoms. The number of amides is 1. The first kappa shape index (κ1) is 14.5. The van der Waals surface area contributed by atoms with Crippen molar-refractivity contribution in [1.29, 1.82) is 0 Å². The first-order valence-electron chi connectivity index (χ1n) is 6.43. The molecule has 1 aromatic carbocycles. The third-order valence-corrected chi connectivity index (χ3v) is 3.33. The summed E-state index contributed by atoms with van der Waals surface area (Å²) in [4.78, 5) is 11.7. The SMILES string of the molecule is Cc1cccc(OCCCC(=O)Nc2nnc(C)s2)c1. The lowest BCUT2D eigenvalue weighted by atomic mass is 10.2. The van der Waals surface area contributed by atoms with Crippen LogP contribution in [0, 0.1) is 13.8 Å². The Morgan fingerprint density at radius 3 is 2.90 bits per heavy atom. The highest BCUT2D eigenvalue weighted by molar-refractivity contribution is 7.15. The Balaban J connectivity index is 1.67. The van der Waals surface area contributed by atoms with Crippen LogP contribution >= 0.6 is 11.3 Å². The van der Waals surface area contributed by atoms with E-state index in [1.807, 2.05) is 38.1 Å². The molecule has 0 aliphatic carbocycles. The Morgan fingerprint density at radius 1 is 1.35 bits per heavy atom. The topological polar surface area (TPSA) is 64.1 Å². The summed E-state index contributed by atoms with van der Waals surface area (Å²) in [6, 6.07) is 7.86. The van der Waals surface area contributed by atoms with E-state index in [-0.39, 0.29) is 5.91 Å². The van der Waals surface area contributed by atoms with Crippen molar-refractivity contribution in [2.75, 3.05) is 11.9 Å². The number of hydrogen-bond acceptors (Lipinski definition) is 5. The van der Waals surface area contributed by atoms with E-state index in [0.29, 0.717) is 24.6 Å². The molecule has 0 radical (unpaired) electrons. The lowest BCUT2D eigenvalue weighted by Crippen LogP contribution is -2.12. The summed E-state index contributed by atoms with van der Waals surface area (Å²) in [5, 5.41) is 11.8. The van der Waals surface area contributed by atoms with Crippen LogP contribution in [0.2, 0.25) is 0 Å². The minimum absolute atomic E-state index is 0.0611. The monoisotopic (exact) mass is 291 g/mol. The van der Waals surface area contributed by atoms with E-state index in [9.17, 15) is 4.79 Å². The predicted molar refractivity (Wildman–Crippen MR) is 79.2 cm³/mol. The van der Waals surface area contributed by atoms with E-state index in [1.54, 1.807) is 0 Å². The van der Waals surface area contributed by atoms with Crippen molar-refractivity contribution in [3.8, 4) is 5.75 Å². The number of rotatable bonds is 6. The van der Waals surface area contributed by atoms with Crippen LogP contribution in [0.1, 0.15) is 23.4 Å². The van der Waals surface area contributed by atoms with Crippen LogP contribution in [0.25, 0.3) is 0 Å². The number of hydrogen-bond donors (Lipinski definition) is 1. The summed E-state index contributed by atoms with van der Waals surface area (Å²) in [5.41, 5.74) is 1.16. The molecule has 1 heterocycles. The van der Waals surface area contributed by atoms with Gasteiger partial charge in [0.2, 0.25) is 11.0 Å². The van der Waals surface area contributed by atoms with Gasteiger partial charge in [-0.3, -0.25) is 4.79 Å². The number of anilines is 1. The van der Waals surface area contributed by atoms with Crippen molar-refractivity contribution in [2.45, 2.75) is 26.7 Å². The minimum Gasteiger partial charge on any atom is -0.494 e. The second-order valence-electron chi connectivity index (χ2n) is 4.44. The van der Waals surface area contributed by atoms with E-state index >= 15 is 0 Å². The van der Waals surface area contributed by atoms with Gasteiger partial charge in [-0.15, -0.1) is 10.2 Å². The molecule has 2 aromatic rings. The summed E-state index contributed by atoms with van der Waals surface area (Å²) in [6.07, 6.45) is 1.07. The molecule has 1 aromatic heterocycles. The number of aryl methyl sites for hydroxylation is 2. The molecule has 0 saturated heterocycles. The maximum absolute atomic E-state index is 11.7. The highest BCUT2D eigenvalue weighted by Crippen LogP contribution is 2.15. The van der Waals surface area contributed by atoms with Gasteiger partial charge >= 0.3 is 0 Å². The predicted octanol–water partition coefficient (Wildman–Crippen LogP) is 2.95. The van der Waals surface area contributed by atoms with Crippen molar-refractivity contribution in [3.05, 3.63) is 34.8 Å². The number of nitrogens with zero attached hydrogens (tertiary/aromatic N) is 2. The largest absolute Gasteiger partial charge is 0.494 e. The van der Waals surface area contributed by atoms with Gasteiger partial charge < -0.3 is 10.1 Å². The number of carbonyl (C=O) groups is 1. The summed E-state index contributed by atoms with van der Waals surface area (Å²) >= 11 is 1.37. The standard InChI is InChI=1S/C14H17N3O2S/c1-10-5-3-6-12(9-10)19-8-4-7-13(18)15-14-17-16-11(2)20-14/h3,5-6,9H,4,7-8H2,1-2H3,(H,15,17,18). The number of aromatic nitrogens is 2. The van der Waals surface area contributed by atoms with Gasteiger partial charge in [-0.1, -0.05) is 23.5 Å². The fourth-order valence-electron chi connectivity index (χ4n) is 1.66. The molecule has 0 aliphatic rings. The fraction of sp³-hybridized carbons (Fsp3) is 0.357. The number of carbonyl (C=O) groups excluding carboxylic acids is 1. The Hall–Kier alpha value is -1.95. The zero-order valence-electron chi connectivity index (χ0n) is 11.5. The number of ether oxygens (including phenoxy) is 1. The Labute approximate surface area is 122 Å². The summed E-state index contributed by atoms with van der Waals surface area (Å²) in [7, 11) is 0. The molecule has 0 saturated carbocycles. The Kier molecular flexibility index (Phi) is 5.06. The number of benzene rings is 1. The van der Waals surface area contributed by atoms with Crippen LogP contribution in [0.5, 0.6) is 5.75 Å². The van der Waals surface area contributed by atoms with Crippen LogP contribution in [0.15, 0.2) is 24.3 Å². The molecule has 1 N–H and O–H groups in total. The van der Waals surface area contributed by atoms with Crippen molar-refractivity contribution in [2.24, 2.45) is 0 Å². The highest BCUT2D eigenvalue weighted by Gasteiger charge is 2.06. The van der Waals surface area contributed by atoms with E-state index in [2.05, 4.69) is 15.5 Å². The molecule has 0 unspecified atom stereocenters. The minimum atomic E-state index is -0.0611. The maximum atomic E-state index is 11.7. The van der Waals surface area contributed by atoms with Gasteiger partial charge in [-0.05, 0) is 38.0 Å². The second kappa shape index (κ2) is 7.00. The summed E-state index contributed by atoms with van der Waals surface area (Å²) in [6.45, 7) is 4.39. The van der Waals surface area contributed by atoms with Crippen molar-refractivity contribution in [1.82, 2.24) is 10.2 Å². The van der Waals surface area contributed by atoms with Gasteiger partial charge in [-0.2, -0.15) is 0 Å². The molecule has 2 rings (SSSR count). The molecule has 0 fully saturated rings. The van der Waals surface area contributed by atoms with Crippen molar-refractivity contribution in [3.63, 3.8) is 0 Å². The molecule has 106 valence electrons. The normalized spacial score (nSPS) is 10.3. The molecule has 5 nitrogen and oxygen atoms in total. The highest BCUT2D eigenvalue weighted by atomic mass is 32.1. The van der Waals surface area contributed by atoms with Gasteiger partial charge in [0.25, 0.3) is 0 Å². The second-order valence-corrected chi connectivity index (χ2v) is 5.62. The average molecular weight is 291 g/mol. The lowest BCUT2D eigenvalue weighted by molar-refractivity contribution is -0.116. The molecular formula is C14H17N3O2S. The van der Waals surface area contributed by atoms with Crippen molar-refractivity contribution < 1.29 is 9.53 Å². The van der Waals surface area contributed by atoms with Crippen molar-refractivity contribution >= 4 is 22.4 Å². The Bertz CT molecular complexity index is 583. The quantitative estimate of drug-likeness (QED) is 0.831. The zero-order valence-corrected chi connectivity index (χ0v) is 12.4. The van der Waals surface area contributed by atoms with Crippen LogP contribution in [-0.2, 0) is 4.79 Å². The average Bonchev–Trinajstić information content (AvgIpc) is 2.80. The van der Waals surface area contributed by atoms with Crippen LogP contribution in [0.3, 0.4) is 0 Å². The maximum Gasteiger partial charge on any atom is 0.226 e. The van der Waals surface area contributed by atoms with Crippen LogP contribution in [0.4, 0.5) is 5.13 Å². The molecule has 0 bridgehead atoms. The van der Waals surface area contributed by atoms with E-state index in [4.69, 9.17) is 4.74 Å². The van der Waals surface area contributed by atoms with Gasteiger partial charge in [0, 0.05) is 6.42 Å². The molecule has 0 atom stereocenters. The first-order valence-corrected chi connectivity index (χ1v) is 7.24. The molecule has 20 heavy (non-hydrogen) atoms. The summed E-state index contributed by atoms with van der Waals surface area (Å²) in [5.74, 6) is 0.777. The van der Waals surface area contributed by atoms with E-state index in [1.165, 1.54) is 11.3 Å². The third kappa shape index (κ3) is 4.62. The zero-order chi connectivity index (χ0) is 14.4. The first-order chi connectivity index (χ1) is 9.63. The third-order valence-electron chi connectivity index (χ3n) is 2.58. The van der Waals surface area contributed by atoms with Crippen LogP contribution < -0.4 is 10.1 Å². The van der Waals surface area contributed by atoms with Crippen LogP contribution in [-0.4, -0.2) is 22.7 Å².